The fourth-order valence-electron chi connectivity index (χ4n) is 2.80. The molecular weight excluding hydrogens is 132 g/mol. The van der Waals surface area contributed by atoms with Crippen LogP contribution in [0, 0.1) is 23.7 Å². The third-order valence-corrected chi connectivity index (χ3v) is 3.34. The van der Waals surface area contributed by atoms with Gasteiger partial charge in [-0.05, 0) is 17.4 Å². The van der Waals surface area contributed by atoms with E-state index in [1.165, 1.54) is 0 Å². The summed E-state index contributed by atoms with van der Waals surface area (Å²) in [4.78, 5) is 0. The number of hydrogen-bond acceptors (Lipinski definition) is 0. The maximum atomic E-state index is 2.44. The Hall–Kier alpha value is -0.780. The summed E-state index contributed by atoms with van der Waals surface area (Å²) in [5.41, 5.74) is 1.59. The van der Waals surface area contributed by atoms with Gasteiger partial charge in [-0.1, -0.05) is 37.3 Å². The van der Waals surface area contributed by atoms with Crippen LogP contribution in [-0.4, -0.2) is 0 Å². The Morgan fingerprint density at radius 3 is 3.00 bits per heavy atom. The van der Waals surface area contributed by atoms with Crippen LogP contribution in [-0.2, 0) is 0 Å². The largest absolute Gasteiger partial charge is 0.0836 e. The van der Waals surface area contributed by atoms with E-state index in [1.54, 1.807) is 5.57 Å². The Bertz CT molecular complexity index is 280. The maximum absolute atomic E-state index is 2.44. The molecule has 0 aromatic heterocycles. The normalized spacial score (nSPS) is 50.1. The smallest absolute Gasteiger partial charge is 0.00244 e. The van der Waals surface area contributed by atoms with Crippen LogP contribution >= 0.6 is 0 Å². The quantitative estimate of drug-likeness (QED) is 0.458. The SMILES string of the molecule is CC1C=C2C=CC3C=CC1C23. The van der Waals surface area contributed by atoms with Gasteiger partial charge in [-0.2, -0.15) is 0 Å². The van der Waals surface area contributed by atoms with Gasteiger partial charge in [-0.3, -0.25) is 0 Å². The molecule has 3 rings (SSSR count). The van der Waals surface area contributed by atoms with Gasteiger partial charge in [0.1, 0.15) is 0 Å². The molecule has 0 aromatic rings. The fourth-order valence-corrected chi connectivity index (χ4v) is 2.80. The molecule has 3 aliphatic carbocycles. The first kappa shape index (κ1) is 5.82. The van der Waals surface area contributed by atoms with Crippen molar-refractivity contribution in [2.24, 2.45) is 23.7 Å². The minimum absolute atomic E-state index is 0.746. The van der Waals surface area contributed by atoms with Gasteiger partial charge < -0.3 is 0 Å². The minimum atomic E-state index is 0.746. The van der Waals surface area contributed by atoms with Crippen LogP contribution in [0.15, 0.2) is 36.0 Å². The molecule has 0 heterocycles. The van der Waals surface area contributed by atoms with E-state index >= 15 is 0 Å². The molecule has 0 heteroatoms. The number of allylic oxidation sites excluding steroid dienone is 6. The second-order valence-electron chi connectivity index (χ2n) is 3.95. The van der Waals surface area contributed by atoms with E-state index in [-0.39, 0.29) is 0 Å². The zero-order valence-electron chi connectivity index (χ0n) is 6.70. The lowest BCUT2D eigenvalue weighted by Crippen LogP contribution is -2.11. The highest BCUT2D eigenvalue weighted by molar-refractivity contribution is 5.42. The second-order valence-corrected chi connectivity index (χ2v) is 3.95. The van der Waals surface area contributed by atoms with Crippen LogP contribution in [0.4, 0.5) is 0 Å². The molecule has 4 atom stereocenters. The van der Waals surface area contributed by atoms with Crippen LogP contribution in [0.5, 0.6) is 0 Å². The van der Waals surface area contributed by atoms with Crippen molar-refractivity contribution in [3.05, 3.63) is 36.0 Å². The van der Waals surface area contributed by atoms with E-state index in [1.807, 2.05) is 0 Å². The predicted molar refractivity (Wildman–Crippen MR) is 46.0 cm³/mol. The molecule has 4 unspecified atom stereocenters. The Labute approximate surface area is 67.3 Å². The van der Waals surface area contributed by atoms with Gasteiger partial charge in [0.2, 0.25) is 0 Å². The van der Waals surface area contributed by atoms with Crippen LogP contribution < -0.4 is 0 Å². The molecule has 0 N–H and O–H groups in total. The first-order valence-electron chi connectivity index (χ1n) is 4.44. The Morgan fingerprint density at radius 1 is 1.18 bits per heavy atom. The van der Waals surface area contributed by atoms with Gasteiger partial charge in [-0.15, -0.1) is 0 Å². The van der Waals surface area contributed by atoms with Crippen LogP contribution in [0.25, 0.3) is 0 Å². The average molecular weight is 144 g/mol. The van der Waals surface area contributed by atoms with Crippen LogP contribution in [0.1, 0.15) is 6.92 Å². The molecule has 0 spiro atoms. The summed E-state index contributed by atoms with van der Waals surface area (Å²) in [5, 5.41) is 0. The lowest BCUT2D eigenvalue weighted by atomic mass is 9.88. The molecule has 56 valence electrons. The monoisotopic (exact) mass is 144 g/mol. The van der Waals surface area contributed by atoms with Crippen molar-refractivity contribution in [2.45, 2.75) is 6.92 Å². The van der Waals surface area contributed by atoms with E-state index in [9.17, 15) is 0 Å². The standard InChI is InChI=1S/C11H12/c1-7-6-9-3-2-8-4-5-10(7)11(8)9/h2-8,10-11H,1H3. The van der Waals surface area contributed by atoms with Crippen LogP contribution in [0.3, 0.4) is 0 Å². The summed E-state index contributed by atoms with van der Waals surface area (Å²) < 4.78 is 0. The Balaban J connectivity index is 2.14. The average Bonchev–Trinajstić information content (AvgIpc) is 2.53. The highest BCUT2D eigenvalue weighted by Crippen LogP contribution is 2.50. The molecule has 0 nitrogen and oxygen atoms in total. The zero-order valence-corrected chi connectivity index (χ0v) is 6.70. The van der Waals surface area contributed by atoms with Crippen molar-refractivity contribution >= 4 is 0 Å². The van der Waals surface area contributed by atoms with Crippen molar-refractivity contribution in [3.8, 4) is 0 Å². The molecule has 0 saturated heterocycles. The van der Waals surface area contributed by atoms with Gasteiger partial charge in [0.25, 0.3) is 0 Å². The minimum Gasteiger partial charge on any atom is -0.0836 e. The molecule has 0 aromatic carbocycles. The molecule has 0 bridgehead atoms. The van der Waals surface area contributed by atoms with E-state index in [0.29, 0.717) is 0 Å². The summed E-state index contributed by atoms with van der Waals surface area (Å²) in [6.45, 7) is 2.33. The first-order chi connectivity index (χ1) is 5.36. The number of rotatable bonds is 0. The molecule has 0 aliphatic heterocycles. The molecule has 0 fully saturated rings. The van der Waals surface area contributed by atoms with Gasteiger partial charge in [0.05, 0.1) is 0 Å². The highest BCUT2D eigenvalue weighted by Gasteiger charge is 2.41. The maximum Gasteiger partial charge on any atom is 0.00244 e. The Morgan fingerprint density at radius 2 is 2.09 bits per heavy atom. The third kappa shape index (κ3) is 0.563. The summed E-state index contributed by atoms with van der Waals surface area (Å²) in [7, 11) is 0. The first-order valence-corrected chi connectivity index (χ1v) is 4.44. The third-order valence-electron chi connectivity index (χ3n) is 3.34. The van der Waals surface area contributed by atoms with Gasteiger partial charge in [-0.25, -0.2) is 0 Å². The van der Waals surface area contributed by atoms with E-state index < -0.39 is 0 Å². The van der Waals surface area contributed by atoms with Gasteiger partial charge >= 0.3 is 0 Å². The van der Waals surface area contributed by atoms with Crippen molar-refractivity contribution in [3.63, 3.8) is 0 Å². The number of hydrogen-bond donors (Lipinski definition) is 0. The van der Waals surface area contributed by atoms with Gasteiger partial charge in [0.15, 0.2) is 0 Å². The lowest BCUT2D eigenvalue weighted by Gasteiger charge is -2.15. The van der Waals surface area contributed by atoms with E-state index in [4.69, 9.17) is 0 Å². The van der Waals surface area contributed by atoms with Crippen molar-refractivity contribution in [2.75, 3.05) is 0 Å². The molecule has 0 saturated carbocycles. The second kappa shape index (κ2) is 1.69. The molecular formula is C11H12. The predicted octanol–water partition coefficient (Wildman–Crippen LogP) is 2.55. The zero-order chi connectivity index (χ0) is 7.42. The van der Waals surface area contributed by atoms with Crippen molar-refractivity contribution in [1.29, 1.82) is 0 Å². The molecule has 11 heavy (non-hydrogen) atoms. The summed E-state index contributed by atoms with van der Waals surface area (Å²) in [6, 6.07) is 0. The van der Waals surface area contributed by atoms with Gasteiger partial charge in [0, 0.05) is 11.8 Å². The topological polar surface area (TPSA) is 0 Å². The van der Waals surface area contributed by atoms with E-state index in [0.717, 1.165) is 23.7 Å². The Kier molecular flexibility index (Phi) is 0.892. The summed E-state index contributed by atoms with van der Waals surface area (Å²) in [5.74, 6) is 3.19. The molecule has 3 aliphatic rings. The molecule has 0 radical (unpaired) electrons. The molecule has 0 amide bonds. The van der Waals surface area contributed by atoms with Crippen LogP contribution in [0.2, 0.25) is 0 Å². The summed E-state index contributed by atoms with van der Waals surface area (Å²) >= 11 is 0. The fraction of sp³-hybridized carbons (Fsp3) is 0.455. The summed E-state index contributed by atoms with van der Waals surface area (Å²) in [6.07, 6.45) is 11.9. The van der Waals surface area contributed by atoms with E-state index in [2.05, 4.69) is 37.3 Å². The lowest BCUT2D eigenvalue weighted by molar-refractivity contribution is 0.419. The van der Waals surface area contributed by atoms with Crippen molar-refractivity contribution in [1.82, 2.24) is 0 Å². The highest BCUT2D eigenvalue weighted by atomic mass is 14.4. The van der Waals surface area contributed by atoms with Crippen molar-refractivity contribution < 1.29 is 0 Å².